The van der Waals surface area contributed by atoms with Crippen LogP contribution in [0.2, 0.25) is 5.15 Å². The first-order chi connectivity index (χ1) is 9.47. The van der Waals surface area contributed by atoms with Crippen LogP contribution >= 0.6 is 27.5 Å². The molecule has 20 heavy (non-hydrogen) atoms. The standard InChI is InChI=1S/C14H12BrClN2O2/c1-8(9-2-4-10(15)5-3-9)17-13-11(14(19)20)6-7-12(16)18-13/h2-8H,1H3,(H,17,18)(H,19,20). The van der Waals surface area contributed by atoms with E-state index in [2.05, 4.69) is 26.2 Å². The number of hydrogen-bond donors (Lipinski definition) is 2. The zero-order chi connectivity index (χ0) is 14.7. The molecule has 0 aliphatic carbocycles. The Balaban J connectivity index is 2.27. The van der Waals surface area contributed by atoms with Gasteiger partial charge in [0.05, 0.1) is 0 Å². The van der Waals surface area contributed by atoms with Crippen LogP contribution in [-0.2, 0) is 0 Å². The summed E-state index contributed by atoms with van der Waals surface area (Å²) in [6.45, 7) is 1.93. The largest absolute Gasteiger partial charge is 0.478 e. The monoisotopic (exact) mass is 354 g/mol. The fourth-order valence-electron chi connectivity index (χ4n) is 1.76. The average molecular weight is 356 g/mol. The van der Waals surface area contributed by atoms with Gasteiger partial charge in [-0.2, -0.15) is 0 Å². The summed E-state index contributed by atoms with van der Waals surface area (Å²) in [5.74, 6) is -0.778. The first-order valence-electron chi connectivity index (χ1n) is 5.89. The predicted octanol–water partition coefficient (Wildman–Crippen LogP) is 4.37. The van der Waals surface area contributed by atoms with Crippen LogP contribution in [0.5, 0.6) is 0 Å². The van der Waals surface area contributed by atoms with Crippen molar-refractivity contribution in [1.82, 2.24) is 4.98 Å². The summed E-state index contributed by atoms with van der Waals surface area (Å²) in [6.07, 6.45) is 0. The number of carboxylic acids is 1. The third kappa shape index (κ3) is 3.49. The van der Waals surface area contributed by atoms with Gasteiger partial charge in [0, 0.05) is 10.5 Å². The Morgan fingerprint density at radius 2 is 1.95 bits per heavy atom. The van der Waals surface area contributed by atoms with Crippen LogP contribution in [0.4, 0.5) is 5.82 Å². The number of aromatic carboxylic acids is 1. The number of carbonyl (C=O) groups is 1. The van der Waals surface area contributed by atoms with E-state index in [1.807, 2.05) is 31.2 Å². The summed E-state index contributed by atoms with van der Waals surface area (Å²) in [6, 6.07) is 10.6. The van der Waals surface area contributed by atoms with E-state index >= 15 is 0 Å². The molecular formula is C14H12BrClN2O2. The highest BCUT2D eigenvalue weighted by Crippen LogP contribution is 2.23. The molecule has 0 amide bonds. The SMILES string of the molecule is CC(Nc1nc(Cl)ccc1C(=O)O)c1ccc(Br)cc1. The fourth-order valence-corrected chi connectivity index (χ4v) is 2.17. The molecule has 2 N–H and O–H groups in total. The molecule has 2 rings (SSSR count). The zero-order valence-electron chi connectivity index (χ0n) is 10.6. The van der Waals surface area contributed by atoms with Gasteiger partial charge in [-0.25, -0.2) is 9.78 Å². The molecule has 0 saturated heterocycles. The van der Waals surface area contributed by atoms with E-state index in [1.54, 1.807) is 0 Å². The predicted molar refractivity (Wildman–Crippen MR) is 82.4 cm³/mol. The number of anilines is 1. The third-order valence-electron chi connectivity index (χ3n) is 2.81. The van der Waals surface area contributed by atoms with Crippen LogP contribution in [-0.4, -0.2) is 16.1 Å². The lowest BCUT2D eigenvalue weighted by Crippen LogP contribution is -2.12. The van der Waals surface area contributed by atoms with Crippen LogP contribution in [0.15, 0.2) is 40.9 Å². The quantitative estimate of drug-likeness (QED) is 0.800. The van der Waals surface area contributed by atoms with Crippen LogP contribution < -0.4 is 5.32 Å². The first kappa shape index (κ1) is 14.8. The van der Waals surface area contributed by atoms with E-state index in [0.29, 0.717) is 0 Å². The Morgan fingerprint density at radius 1 is 1.30 bits per heavy atom. The van der Waals surface area contributed by atoms with Crippen molar-refractivity contribution in [3.05, 3.63) is 57.2 Å². The minimum atomic E-state index is -1.04. The van der Waals surface area contributed by atoms with Gasteiger partial charge in [0.1, 0.15) is 16.5 Å². The number of rotatable bonds is 4. The number of halogens is 2. The van der Waals surface area contributed by atoms with E-state index in [4.69, 9.17) is 16.7 Å². The Morgan fingerprint density at radius 3 is 2.55 bits per heavy atom. The molecule has 4 nitrogen and oxygen atoms in total. The van der Waals surface area contributed by atoms with Gasteiger partial charge in [0.15, 0.2) is 0 Å². The summed E-state index contributed by atoms with van der Waals surface area (Å²) in [4.78, 5) is 15.2. The van der Waals surface area contributed by atoms with Crippen molar-refractivity contribution in [1.29, 1.82) is 0 Å². The van der Waals surface area contributed by atoms with Crippen LogP contribution in [0, 0.1) is 0 Å². The molecule has 0 aliphatic rings. The Bertz CT molecular complexity index is 632. The lowest BCUT2D eigenvalue weighted by molar-refractivity contribution is 0.0697. The molecule has 0 spiro atoms. The van der Waals surface area contributed by atoms with E-state index in [9.17, 15) is 4.79 Å². The lowest BCUT2D eigenvalue weighted by Gasteiger charge is -2.16. The summed E-state index contributed by atoms with van der Waals surface area (Å²) < 4.78 is 0.987. The molecule has 1 aromatic carbocycles. The van der Waals surface area contributed by atoms with Gasteiger partial charge in [0.2, 0.25) is 0 Å². The highest BCUT2D eigenvalue weighted by Gasteiger charge is 2.15. The topological polar surface area (TPSA) is 62.2 Å². The van der Waals surface area contributed by atoms with Crippen molar-refractivity contribution in [2.75, 3.05) is 5.32 Å². The summed E-state index contributed by atoms with van der Waals surface area (Å²) >= 11 is 9.20. The minimum absolute atomic E-state index is 0.0906. The van der Waals surface area contributed by atoms with Crippen molar-refractivity contribution in [2.45, 2.75) is 13.0 Å². The number of carboxylic acid groups (broad SMARTS) is 1. The molecule has 0 radical (unpaired) electrons. The average Bonchev–Trinajstić information content (AvgIpc) is 2.39. The highest BCUT2D eigenvalue weighted by atomic mass is 79.9. The van der Waals surface area contributed by atoms with Crippen LogP contribution in [0.25, 0.3) is 0 Å². The normalized spacial score (nSPS) is 11.9. The van der Waals surface area contributed by atoms with Gasteiger partial charge in [-0.1, -0.05) is 39.7 Å². The molecule has 1 unspecified atom stereocenters. The molecule has 1 heterocycles. The maximum absolute atomic E-state index is 11.2. The molecule has 0 saturated carbocycles. The summed E-state index contributed by atoms with van der Waals surface area (Å²) in [5.41, 5.74) is 1.12. The molecule has 1 aromatic heterocycles. The maximum Gasteiger partial charge on any atom is 0.339 e. The van der Waals surface area contributed by atoms with E-state index in [1.165, 1.54) is 12.1 Å². The van der Waals surface area contributed by atoms with E-state index < -0.39 is 5.97 Å². The second kappa shape index (κ2) is 6.24. The minimum Gasteiger partial charge on any atom is -0.478 e. The number of aromatic nitrogens is 1. The van der Waals surface area contributed by atoms with Crippen LogP contribution in [0.1, 0.15) is 28.9 Å². The number of benzene rings is 1. The third-order valence-corrected chi connectivity index (χ3v) is 3.55. The smallest absolute Gasteiger partial charge is 0.339 e. The molecule has 0 aliphatic heterocycles. The van der Waals surface area contributed by atoms with Crippen molar-refractivity contribution in [3.8, 4) is 0 Å². The molecule has 0 fully saturated rings. The van der Waals surface area contributed by atoms with Crippen molar-refractivity contribution in [3.63, 3.8) is 0 Å². The van der Waals surface area contributed by atoms with Gasteiger partial charge in [0.25, 0.3) is 0 Å². The number of nitrogens with zero attached hydrogens (tertiary/aromatic N) is 1. The molecular weight excluding hydrogens is 344 g/mol. The van der Waals surface area contributed by atoms with Crippen LogP contribution in [0.3, 0.4) is 0 Å². The Kier molecular flexibility index (Phi) is 4.62. The van der Waals surface area contributed by atoms with Gasteiger partial charge in [-0.15, -0.1) is 0 Å². The molecule has 6 heteroatoms. The summed E-state index contributed by atoms with van der Waals surface area (Å²) in [7, 11) is 0. The zero-order valence-corrected chi connectivity index (χ0v) is 12.9. The summed E-state index contributed by atoms with van der Waals surface area (Å²) in [5, 5.41) is 12.5. The van der Waals surface area contributed by atoms with Gasteiger partial charge in [-0.3, -0.25) is 0 Å². The second-order valence-corrected chi connectivity index (χ2v) is 5.56. The van der Waals surface area contributed by atoms with Gasteiger partial charge >= 0.3 is 5.97 Å². The Hall–Kier alpha value is -1.59. The van der Waals surface area contributed by atoms with Crippen molar-refractivity contribution < 1.29 is 9.90 Å². The molecule has 0 bridgehead atoms. The number of pyridine rings is 1. The number of hydrogen-bond acceptors (Lipinski definition) is 3. The first-order valence-corrected chi connectivity index (χ1v) is 7.06. The lowest BCUT2D eigenvalue weighted by atomic mass is 10.1. The van der Waals surface area contributed by atoms with E-state index in [0.717, 1.165) is 10.0 Å². The van der Waals surface area contributed by atoms with Gasteiger partial charge in [-0.05, 0) is 36.8 Å². The molecule has 104 valence electrons. The number of nitrogens with one attached hydrogen (secondary N) is 1. The molecule has 1 atom stereocenters. The van der Waals surface area contributed by atoms with Crippen molar-refractivity contribution in [2.24, 2.45) is 0 Å². The molecule has 2 aromatic rings. The highest BCUT2D eigenvalue weighted by molar-refractivity contribution is 9.10. The van der Waals surface area contributed by atoms with E-state index in [-0.39, 0.29) is 22.6 Å². The second-order valence-electron chi connectivity index (χ2n) is 4.25. The van der Waals surface area contributed by atoms with Crippen molar-refractivity contribution >= 4 is 39.3 Å². The van der Waals surface area contributed by atoms with Gasteiger partial charge < -0.3 is 10.4 Å². The maximum atomic E-state index is 11.2. The Labute approximate surface area is 129 Å². The fraction of sp³-hybridized carbons (Fsp3) is 0.143.